The fourth-order valence-corrected chi connectivity index (χ4v) is 3.21. The molecule has 116 valence electrons. The van der Waals surface area contributed by atoms with Gasteiger partial charge >= 0.3 is 0 Å². The topological polar surface area (TPSA) is 60.0 Å². The molecule has 1 aliphatic heterocycles. The van der Waals surface area contributed by atoms with Gasteiger partial charge in [0.25, 0.3) is 0 Å². The molecule has 0 N–H and O–H groups in total. The zero-order valence-electron chi connectivity index (χ0n) is 13.2. The summed E-state index contributed by atoms with van der Waals surface area (Å²) in [5.41, 5.74) is 1.23. The molecule has 1 aromatic carbocycles. The monoisotopic (exact) mass is 297 g/mol. The van der Waals surface area contributed by atoms with Crippen molar-refractivity contribution in [1.29, 1.82) is 10.5 Å². The first-order valence-electron chi connectivity index (χ1n) is 7.91. The van der Waals surface area contributed by atoms with Crippen LogP contribution in [-0.2, 0) is 6.42 Å². The number of benzene rings is 1. The van der Waals surface area contributed by atoms with Crippen LogP contribution in [0.2, 0.25) is 0 Å². The van der Waals surface area contributed by atoms with Crippen molar-refractivity contribution < 1.29 is 4.74 Å². The Morgan fingerprint density at radius 1 is 1.36 bits per heavy atom. The molecule has 1 fully saturated rings. The zero-order valence-corrected chi connectivity index (χ0v) is 13.2. The third-order valence-corrected chi connectivity index (χ3v) is 4.39. The van der Waals surface area contributed by atoms with E-state index in [1.807, 2.05) is 18.2 Å². The molecule has 0 radical (unpaired) electrons. The van der Waals surface area contributed by atoms with Crippen molar-refractivity contribution in [1.82, 2.24) is 4.90 Å². The molecule has 4 heteroatoms. The lowest BCUT2D eigenvalue weighted by Gasteiger charge is -2.26. The maximum atomic E-state index is 9.27. The number of methoxy groups -OCH3 is 1. The lowest BCUT2D eigenvalue weighted by Crippen LogP contribution is -2.35. The smallest absolute Gasteiger partial charge is 0.122 e. The average Bonchev–Trinajstić information content (AvgIpc) is 2.98. The number of likely N-dealkylation sites (tertiary alicyclic amines) is 1. The summed E-state index contributed by atoms with van der Waals surface area (Å²) in [7, 11) is 1.71. The van der Waals surface area contributed by atoms with Crippen LogP contribution in [0.15, 0.2) is 24.3 Å². The lowest BCUT2D eigenvalue weighted by molar-refractivity contribution is 0.226. The Bertz CT molecular complexity index is 558. The Kier molecular flexibility index (Phi) is 6.25. The van der Waals surface area contributed by atoms with Crippen LogP contribution in [-0.4, -0.2) is 31.1 Å². The highest BCUT2D eigenvalue weighted by atomic mass is 16.5. The largest absolute Gasteiger partial charge is 0.496 e. The first kappa shape index (κ1) is 16.3. The van der Waals surface area contributed by atoms with E-state index in [2.05, 4.69) is 23.1 Å². The number of ether oxygens (including phenoxy) is 1. The van der Waals surface area contributed by atoms with Crippen LogP contribution >= 0.6 is 0 Å². The molecule has 0 aromatic heterocycles. The van der Waals surface area contributed by atoms with E-state index in [-0.39, 0.29) is 5.92 Å². The van der Waals surface area contributed by atoms with E-state index in [0.29, 0.717) is 18.9 Å². The summed E-state index contributed by atoms with van der Waals surface area (Å²) in [6.45, 7) is 1.82. The second-order valence-corrected chi connectivity index (χ2v) is 5.83. The summed E-state index contributed by atoms with van der Waals surface area (Å²) < 4.78 is 5.44. The quantitative estimate of drug-likeness (QED) is 0.775. The highest BCUT2D eigenvalue weighted by Crippen LogP contribution is 2.27. The number of nitrogens with zero attached hydrogens (tertiary/aromatic N) is 3. The molecule has 1 heterocycles. The molecule has 0 bridgehead atoms. The van der Waals surface area contributed by atoms with Gasteiger partial charge < -0.3 is 4.74 Å². The van der Waals surface area contributed by atoms with Crippen LogP contribution in [0.4, 0.5) is 0 Å². The van der Waals surface area contributed by atoms with E-state index in [1.54, 1.807) is 7.11 Å². The minimum atomic E-state index is -0.0436. The normalized spacial score (nSPS) is 19.3. The number of nitriles is 2. The van der Waals surface area contributed by atoms with Gasteiger partial charge in [-0.1, -0.05) is 18.2 Å². The molecule has 1 saturated heterocycles. The van der Waals surface area contributed by atoms with Crippen LogP contribution in [0.1, 0.15) is 31.2 Å². The van der Waals surface area contributed by atoms with Crippen molar-refractivity contribution >= 4 is 0 Å². The maximum Gasteiger partial charge on any atom is 0.122 e. The SMILES string of the molecule is COc1ccccc1CC1CCCN1CC(C#N)CCC#N. The number of hydrogen-bond acceptors (Lipinski definition) is 4. The summed E-state index contributed by atoms with van der Waals surface area (Å²) >= 11 is 0. The number of para-hydroxylation sites is 1. The van der Waals surface area contributed by atoms with Gasteiger partial charge in [-0.25, -0.2) is 0 Å². The van der Waals surface area contributed by atoms with Gasteiger partial charge in [0.05, 0.1) is 25.2 Å². The average molecular weight is 297 g/mol. The van der Waals surface area contributed by atoms with Crippen LogP contribution in [0.25, 0.3) is 0 Å². The molecule has 4 nitrogen and oxygen atoms in total. The van der Waals surface area contributed by atoms with Gasteiger partial charge in [0.1, 0.15) is 5.75 Å². The summed E-state index contributed by atoms with van der Waals surface area (Å²) in [6.07, 6.45) is 4.43. The first-order chi connectivity index (χ1) is 10.8. The minimum Gasteiger partial charge on any atom is -0.496 e. The van der Waals surface area contributed by atoms with Gasteiger partial charge in [0.15, 0.2) is 0 Å². The van der Waals surface area contributed by atoms with E-state index in [9.17, 15) is 5.26 Å². The van der Waals surface area contributed by atoms with Gasteiger partial charge in [0, 0.05) is 19.0 Å². The summed E-state index contributed by atoms with van der Waals surface area (Å²) in [6, 6.07) is 13.1. The Labute approximate surface area is 132 Å². The van der Waals surface area contributed by atoms with Crippen LogP contribution in [0.3, 0.4) is 0 Å². The second kappa shape index (κ2) is 8.41. The van der Waals surface area contributed by atoms with Gasteiger partial charge in [0.2, 0.25) is 0 Å². The van der Waals surface area contributed by atoms with Crippen LogP contribution in [0, 0.1) is 28.6 Å². The Hall–Kier alpha value is -2.04. The Morgan fingerprint density at radius 3 is 2.91 bits per heavy atom. The maximum absolute atomic E-state index is 9.27. The molecular formula is C18H23N3O. The predicted octanol–water partition coefficient (Wildman–Crippen LogP) is 3.15. The van der Waals surface area contributed by atoms with E-state index < -0.39 is 0 Å². The Balaban J connectivity index is 1.98. The van der Waals surface area contributed by atoms with Crippen molar-refractivity contribution in [3.63, 3.8) is 0 Å². The van der Waals surface area contributed by atoms with Crippen LogP contribution < -0.4 is 4.74 Å². The standard InChI is InChI=1S/C18H23N3O/c1-22-18-9-3-2-7-16(18)12-17-8-5-11-21(17)14-15(13-20)6-4-10-19/h2-3,7,9,15,17H,4-6,8,11-12,14H2,1H3. The first-order valence-corrected chi connectivity index (χ1v) is 7.91. The molecule has 2 rings (SSSR count). The summed E-state index contributed by atoms with van der Waals surface area (Å²) in [5.74, 6) is 0.897. The van der Waals surface area contributed by atoms with Crippen molar-refractivity contribution in [2.45, 2.75) is 38.1 Å². The van der Waals surface area contributed by atoms with Crippen molar-refractivity contribution in [2.24, 2.45) is 5.92 Å². The third kappa shape index (κ3) is 4.23. The molecule has 22 heavy (non-hydrogen) atoms. The molecule has 1 aromatic rings. The third-order valence-electron chi connectivity index (χ3n) is 4.39. The second-order valence-electron chi connectivity index (χ2n) is 5.83. The van der Waals surface area contributed by atoms with Crippen molar-refractivity contribution in [3.8, 4) is 17.9 Å². The number of hydrogen-bond donors (Lipinski definition) is 0. The minimum absolute atomic E-state index is 0.0436. The molecule has 0 aliphatic carbocycles. The molecule has 0 saturated carbocycles. The molecule has 0 amide bonds. The van der Waals surface area contributed by atoms with Gasteiger partial charge in [-0.15, -0.1) is 0 Å². The Morgan fingerprint density at radius 2 is 2.18 bits per heavy atom. The zero-order chi connectivity index (χ0) is 15.8. The van der Waals surface area contributed by atoms with E-state index in [0.717, 1.165) is 31.7 Å². The molecular weight excluding hydrogens is 274 g/mol. The van der Waals surface area contributed by atoms with Crippen molar-refractivity contribution in [2.75, 3.05) is 20.2 Å². The molecule has 1 aliphatic rings. The predicted molar refractivity (Wildman–Crippen MR) is 85.2 cm³/mol. The van der Waals surface area contributed by atoms with Crippen molar-refractivity contribution in [3.05, 3.63) is 29.8 Å². The molecule has 0 spiro atoms. The molecule has 2 unspecified atom stereocenters. The van der Waals surface area contributed by atoms with Gasteiger partial charge in [-0.3, -0.25) is 4.90 Å². The van der Waals surface area contributed by atoms with E-state index in [4.69, 9.17) is 10.00 Å². The van der Waals surface area contributed by atoms with E-state index >= 15 is 0 Å². The summed E-state index contributed by atoms with van der Waals surface area (Å²) in [5, 5.41) is 18.0. The highest BCUT2D eigenvalue weighted by molar-refractivity contribution is 5.34. The lowest BCUT2D eigenvalue weighted by atomic mass is 10.0. The van der Waals surface area contributed by atoms with E-state index in [1.165, 1.54) is 12.0 Å². The summed E-state index contributed by atoms with van der Waals surface area (Å²) in [4.78, 5) is 2.41. The fraction of sp³-hybridized carbons (Fsp3) is 0.556. The highest BCUT2D eigenvalue weighted by Gasteiger charge is 2.27. The van der Waals surface area contributed by atoms with Gasteiger partial charge in [-0.05, 0) is 43.9 Å². The molecule has 2 atom stereocenters. The fourth-order valence-electron chi connectivity index (χ4n) is 3.21. The van der Waals surface area contributed by atoms with Gasteiger partial charge in [-0.2, -0.15) is 10.5 Å². The van der Waals surface area contributed by atoms with Crippen LogP contribution in [0.5, 0.6) is 5.75 Å². The number of rotatable bonds is 7.